The Morgan fingerprint density at radius 1 is 0.576 bits per heavy atom. The van der Waals surface area contributed by atoms with E-state index in [1.165, 1.54) is 97.6 Å². The first-order chi connectivity index (χ1) is 16.1. The van der Waals surface area contributed by atoms with Crippen LogP contribution in [0.25, 0.3) is 11.1 Å². The Morgan fingerprint density at radius 2 is 1.03 bits per heavy atom. The molecule has 0 heterocycles. The molecule has 174 valence electrons. The Kier molecular flexibility index (Phi) is 6.29. The largest absolute Gasteiger partial charge is 0.294 e. The number of carbonyl (C=O) groups is 2. The molecule has 0 saturated carbocycles. The van der Waals surface area contributed by atoms with Crippen LogP contribution in [0.15, 0.2) is 24.3 Å². The average Bonchev–Trinajstić information content (AvgIpc) is 3.45. The fourth-order valence-electron chi connectivity index (χ4n) is 6.74. The third-order valence-electron chi connectivity index (χ3n) is 8.57. The predicted octanol–water partition coefficient (Wildman–Crippen LogP) is 8.15. The number of ketones is 2. The van der Waals surface area contributed by atoms with Gasteiger partial charge in [0, 0.05) is 29.4 Å². The highest BCUT2D eigenvalue weighted by Gasteiger charge is 2.44. The van der Waals surface area contributed by atoms with E-state index < -0.39 is 0 Å². The molecule has 2 heteroatoms. The molecular weight excluding hydrogens is 404 g/mol. The molecular formula is C31H38O2. The van der Waals surface area contributed by atoms with Crippen molar-refractivity contribution in [3.05, 3.63) is 57.6 Å². The van der Waals surface area contributed by atoms with Crippen LogP contribution in [-0.4, -0.2) is 11.6 Å². The van der Waals surface area contributed by atoms with Crippen LogP contribution in [0.5, 0.6) is 0 Å². The second-order valence-electron chi connectivity index (χ2n) is 10.7. The minimum atomic E-state index is 0.0352. The van der Waals surface area contributed by atoms with E-state index in [0.717, 1.165) is 24.0 Å². The van der Waals surface area contributed by atoms with Crippen molar-refractivity contribution in [2.75, 3.05) is 0 Å². The zero-order valence-corrected chi connectivity index (χ0v) is 20.5. The average molecular weight is 443 g/mol. The number of rotatable bonds is 10. The zero-order valence-electron chi connectivity index (χ0n) is 20.5. The van der Waals surface area contributed by atoms with Gasteiger partial charge in [0.15, 0.2) is 11.6 Å². The van der Waals surface area contributed by atoms with Crippen LogP contribution >= 0.6 is 0 Å². The molecule has 0 unspecified atom stereocenters. The lowest BCUT2D eigenvalue weighted by molar-refractivity contribution is 0.0986. The van der Waals surface area contributed by atoms with Crippen molar-refractivity contribution in [3.8, 4) is 11.1 Å². The minimum absolute atomic E-state index is 0.0352. The van der Waals surface area contributed by atoms with Crippen LogP contribution in [0.1, 0.15) is 134 Å². The quantitative estimate of drug-likeness (QED) is 0.348. The van der Waals surface area contributed by atoms with E-state index in [1.807, 2.05) is 0 Å². The first kappa shape index (κ1) is 22.6. The van der Waals surface area contributed by atoms with Gasteiger partial charge in [-0.3, -0.25) is 9.59 Å². The Hall–Kier alpha value is -2.22. The predicted molar refractivity (Wildman–Crippen MR) is 135 cm³/mol. The highest BCUT2D eigenvalue weighted by atomic mass is 16.1. The normalized spacial score (nSPS) is 17.3. The molecule has 33 heavy (non-hydrogen) atoms. The smallest absolute Gasteiger partial charge is 0.163 e. The van der Waals surface area contributed by atoms with E-state index in [4.69, 9.17) is 0 Å². The van der Waals surface area contributed by atoms with Crippen molar-refractivity contribution < 1.29 is 9.59 Å². The van der Waals surface area contributed by atoms with E-state index in [9.17, 15) is 9.59 Å². The van der Waals surface area contributed by atoms with Crippen LogP contribution in [0.2, 0.25) is 0 Å². The molecule has 2 aromatic carbocycles. The van der Waals surface area contributed by atoms with E-state index >= 15 is 0 Å². The number of hydrogen-bond donors (Lipinski definition) is 0. The number of carbonyl (C=O) groups excluding carboxylic acids is 2. The lowest BCUT2D eigenvalue weighted by Gasteiger charge is -2.33. The number of Topliss-reactive ketones (excluding diaryl/α,β-unsaturated/α-hetero) is 2. The molecule has 0 atom stereocenters. The first-order valence-corrected chi connectivity index (χ1v) is 13.5. The molecule has 0 amide bonds. The summed E-state index contributed by atoms with van der Waals surface area (Å²) in [6, 6.07) is 9.21. The number of aryl methyl sites for hydroxylation is 2. The molecule has 0 spiro atoms. The summed E-state index contributed by atoms with van der Waals surface area (Å²) in [6.07, 6.45) is 15.6. The molecule has 2 aromatic rings. The van der Waals surface area contributed by atoms with E-state index in [2.05, 4.69) is 38.1 Å². The van der Waals surface area contributed by atoms with Crippen LogP contribution in [0.4, 0.5) is 0 Å². The first-order valence-electron chi connectivity index (χ1n) is 13.5. The van der Waals surface area contributed by atoms with Gasteiger partial charge >= 0.3 is 0 Å². The number of fused-ring (bicyclic) bond motifs is 5. The van der Waals surface area contributed by atoms with Crippen molar-refractivity contribution in [2.45, 2.75) is 109 Å². The Morgan fingerprint density at radius 3 is 1.45 bits per heavy atom. The van der Waals surface area contributed by atoms with Crippen LogP contribution in [0, 0.1) is 0 Å². The van der Waals surface area contributed by atoms with E-state index in [1.54, 1.807) is 0 Å². The SMILES string of the molecule is CCCCCCC1(CCCCCC)c2cc3c(cc2-c2cc4c(cc21)CCC4=O)C(=O)CC3. The third kappa shape index (κ3) is 3.80. The van der Waals surface area contributed by atoms with Gasteiger partial charge in [0.05, 0.1) is 0 Å². The van der Waals surface area contributed by atoms with Crippen LogP contribution < -0.4 is 0 Å². The Labute approximate surface area is 199 Å². The van der Waals surface area contributed by atoms with Gasteiger partial charge in [-0.1, -0.05) is 77.3 Å². The van der Waals surface area contributed by atoms with E-state index in [-0.39, 0.29) is 17.0 Å². The van der Waals surface area contributed by atoms with Gasteiger partial charge in [0.2, 0.25) is 0 Å². The maximum Gasteiger partial charge on any atom is 0.163 e. The number of benzene rings is 2. The molecule has 0 aliphatic heterocycles. The summed E-state index contributed by atoms with van der Waals surface area (Å²) in [5, 5.41) is 0. The summed E-state index contributed by atoms with van der Waals surface area (Å²) in [4.78, 5) is 25.2. The Bertz CT molecular complexity index is 1000. The van der Waals surface area contributed by atoms with Gasteiger partial charge in [0.1, 0.15) is 0 Å². The minimum Gasteiger partial charge on any atom is -0.294 e. The molecule has 3 aliphatic rings. The standard InChI is InChI=1S/C31H38O2/c1-3-5-7-9-15-31(16-10-8-6-4-2)27-17-21-11-13-29(32)23(21)19-25(27)26-20-24-22(18-28(26)31)12-14-30(24)33/h17-20H,3-16H2,1-2H3. The molecule has 5 rings (SSSR count). The maximum absolute atomic E-state index is 12.6. The number of unbranched alkanes of at least 4 members (excludes halogenated alkanes) is 6. The Balaban J connectivity index is 1.66. The van der Waals surface area contributed by atoms with Gasteiger partial charge in [-0.05, 0) is 71.2 Å². The molecule has 0 aromatic heterocycles. The van der Waals surface area contributed by atoms with Crippen LogP contribution in [-0.2, 0) is 18.3 Å². The lowest BCUT2D eigenvalue weighted by Crippen LogP contribution is -2.26. The summed E-state index contributed by atoms with van der Waals surface area (Å²) in [5.74, 6) is 0.574. The van der Waals surface area contributed by atoms with Gasteiger partial charge in [0.25, 0.3) is 0 Å². The fraction of sp³-hybridized carbons (Fsp3) is 0.548. The molecule has 0 fully saturated rings. The molecule has 0 saturated heterocycles. The summed E-state index contributed by atoms with van der Waals surface area (Å²) in [5.41, 5.74) is 9.79. The molecule has 0 bridgehead atoms. The monoisotopic (exact) mass is 442 g/mol. The molecule has 3 aliphatic carbocycles. The van der Waals surface area contributed by atoms with Crippen molar-refractivity contribution in [1.29, 1.82) is 0 Å². The summed E-state index contributed by atoms with van der Waals surface area (Å²) >= 11 is 0. The van der Waals surface area contributed by atoms with Gasteiger partial charge in [-0.2, -0.15) is 0 Å². The maximum atomic E-state index is 12.6. The molecule has 2 nitrogen and oxygen atoms in total. The van der Waals surface area contributed by atoms with Crippen molar-refractivity contribution in [1.82, 2.24) is 0 Å². The topological polar surface area (TPSA) is 34.1 Å². The molecule has 0 radical (unpaired) electrons. The van der Waals surface area contributed by atoms with Gasteiger partial charge in [-0.15, -0.1) is 0 Å². The summed E-state index contributed by atoms with van der Waals surface area (Å²) in [7, 11) is 0. The third-order valence-corrected chi connectivity index (χ3v) is 8.57. The lowest BCUT2D eigenvalue weighted by atomic mass is 9.70. The summed E-state index contributed by atoms with van der Waals surface area (Å²) in [6.45, 7) is 4.56. The second kappa shape index (κ2) is 9.20. The zero-order chi connectivity index (χ0) is 23.0. The summed E-state index contributed by atoms with van der Waals surface area (Å²) < 4.78 is 0. The molecule has 0 N–H and O–H groups in total. The van der Waals surface area contributed by atoms with Crippen molar-refractivity contribution >= 4 is 11.6 Å². The van der Waals surface area contributed by atoms with Gasteiger partial charge in [-0.25, -0.2) is 0 Å². The number of hydrogen-bond acceptors (Lipinski definition) is 2. The van der Waals surface area contributed by atoms with E-state index in [0.29, 0.717) is 12.8 Å². The highest BCUT2D eigenvalue weighted by Crippen LogP contribution is 2.56. The van der Waals surface area contributed by atoms with Gasteiger partial charge < -0.3 is 0 Å². The second-order valence-corrected chi connectivity index (χ2v) is 10.7. The van der Waals surface area contributed by atoms with Crippen LogP contribution in [0.3, 0.4) is 0 Å². The van der Waals surface area contributed by atoms with Crippen molar-refractivity contribution in [3.63, 3.8) is 0 Å². The highest BCUT2D eigenvalue weighted by molar-refractivity contribution is 6.05. The van der Waals surface area contributed by atoms with Crippen molar-refractivity contribution in [2.24, 2.45) is 0 Å². The fourth-order valence-corrected chi connectivity index (χ4v) is 6.74.